The second-order valence-corrected chi connectivity index (χ2v) is 11.5. The minimum atomic E-state index is -0.893. The molecule has 4 aromatic carbocycles. The molecule has 0 aromatic heterocycles. The highest BCUT2D eigenvalue weighted by Gasteiger charge is 2.54. The van der Waals surface area contributed by atoms with Crippen LogP contribution in [0.1, 0.15) is 37.3 Å². The van der Waals surface area contributed by atoms with Gasteiger partial charge >= 0.3 is 0 Å². The molecule has 0 bridgehead atoms. The van der Waals surface area contributed by atoms with E-state index in [1.54, 1.807) is 30.3 Å². The first-order valence-electron chi connectivity index (χ1n) is 14.8. The molecular weight excluding hydrogens is 538 g/mol. The summed E-state index contributed by atoms with van der Waals surface area (Å²) in [5.41, 5.74) is 5.06. The molecule has 1 saturated heterocycles. The van der Waals surface area contributed by atoms with E-state index in [-0.39, 0.29) is 24.2 Å². The summed E-state index contributed by atoms with van der Waals surface area (Å²) < 4.78 is 0. The number of allylic oxidation sites excluding steroid dienone is 2. The number of rotatable bonds is 8. The predicted octanol–water partition coefficient (Wildman–Crippen LogP) is 6.36. The van der Waals surface area contributed by atoms with Gasteiger partial charge in [0.1, 0.15) is 5.75 Å². The van der Waals surface area contributed by atoms with Crippen LogP contribution in [-0.2, 0) is 9.59 Å². The van der Waals surface area contributed by atoms with Crippen molar-refractivity contribution >= 4 is 39.9 Å². The van der Waals surface area contributed by atoms with Gasteiger partial charge in [0.2, 0.25) is 11.8 Å². The Kier molecular flexibility index (Phi) is 7.98. The van der Waals surface area contributed by atoms with Gasteiger partial charge in [0.15, 0.2) is 0 Å². The number of carbonyl (C=O) groups is 2. The van der Waals surface area contributed by atoms with E-state index >= 15 is 0 Å². The number of fused-ring (bicyclic) bond motifs is 2. The van der Waals surface area contributed by atoms with Crippen LogP contribution in [0, 0.1) is 17.8 Å². The molecule has 0 saturated carbocycles. The van der Waals surface area contributed by atoms with Gasteiger partial charge in [0, 0.05) is 11.3 Å². The monoisotopic (exact) mass is 573 g/mol. The maximum atomic E-state index is 13.6. The molecule has 1 fully saturated rings. The third-order valence-corrected chi connectivity index (χ3v) is 8.99. The molecule has 43 heavy (non-hydrogen) atoms. The van der Waals surface area contributed by atoms with Crippen LogP contribution in [0.5, 0.6) is 5.75 Å². The van der Waals surface area contributed by atoms with Crippen molar-refractivity contribution in [2.24, 2.45) is 17.8 Å². The number of hydrogen-bond donors (Lipinski definition) is 3. The molecule has 6 rings (SSSR count). The van der Waals surface area contributed by atoms with E-state index in [1.807, 2.05) is 73.7 Å². The number of benzene rings is 4. The maximum Gasteiger partial charge on any atom is 0.238 e. The highest BCUT2D eigenvalue weighted by Crippen LogP contribution is 2.47. The normalized spacial score (nSPS) is 21.4. The van der Waals surface area contributed by atoms with E-state index in [2.05, 4.69) is 6.08 Å². The summed E-state index contributed by atoms with van der Waals surface area (Å²) in [6.07, 6.45) is 2.49. The lowest BCUT2D eigenvalue weighted by Gasteiger charge is -2.35. The van der Waals surface area contributed by atoms with Crippen LogP contribution in [-0.4, -0.2) is 39.8 Å². The molecule has 6 heteroatoms. The Labute approximate surface area is 251 Å². The number of anilines is 1. The van der Waals surface area contributed by atoms with Gasteiger partial charge in [-0.05, 0) is 72.0 Å². The van der Waals surface area contributed by atoms with Crippen molar-refractivity contribution in [3.63, 3.8) is 0 Å². The van der Waals surface area contributed by atoms with Gasteiger partial charge in [-0.15, -0.1) is 0 Å². The summed E-state index contributed by atoms with van der Waals surface area (Å²) in [4.78, 5) is 28.3. The number of para-hydroxylation sites is 1. The van der Waals surface area contributed by atoms with Gasteiger partial charge in [0.05, 0.1) is 30.2 Å². The molecule has 6 nitrogen and oxygen atoms in total. The molecule has 0 unspecified atom stereocenters. The zero-order valence-electron chi connectivity index (χ0n) is 24.1. The molecule has 4 aromatic rings. The average molecular weight is 574 g/mol. The van der Waals surface area contributed by atoms with Crippen molar-refractivity contribution in [1.82, 2.24) is 0 Å². The first-order chi connectivity index (χ1) is 20.9. The second-order valence-electron chi connectivity index (χ2n) is 11.5. The van der Waals surface area contributed by atoms with Gasteiger partial charge in [-0.1, -0.05) is 90.5 Å². The average Bonchev–Trinajstić information content (AvgIpc) is 3.28. The number of phenolic OH excluding ortho intramolecular Hbond substituents is 1. The van der Waals surface area contributed by atoms with E-state index in [1.165, 1.54) is 4.90 Å². The van der Waals surface area contributed by atoms with Crippen LogP contribution in [0.4, 0.5) is 5.69 Å². The molecule has 2 aliphatic rings. The van der Waals surface area contributed by atoms with Crippen molar-refractivity contribution in [1.29, 1.82) is 0 Å². The minimum Gasteiger partial charge on any atom is -0.507 e. The molecule has 3 N–H and O–H groups in total. The highest BCUT2D eigenvalue weighted by atomic mass is 16.3. The summed E-state index contributed by atoms with van der Waals surface area (Å²) >= 11 is 0. The van der Waals surface area contributed by atoms with Gasteiger partial charge < -0.3 is 15.3 Å². The summed E-state index contributed by atoms with van der Waals surface area (Å²) in [6, 6.07) is 30.2. The summed E-state index contributed by atoms with van der Waals surface area (Å²) in [5, 5.41) is 34.3. The topological polar surface area (TPSA) is 98.1 Å². The summed E-state index contributed by atoms with van der Waals surface area (Å²) in [6.45, 7) is 1.57. The fourth-order valence-corrected chi connectivity index (χ4v) is 6.97. The fraction of sp³-hybridized carbons (Fsp3) is 0.243. The smallest absolute Gasteiger partial charge is 0.238 e. The number of amides is 2. The zero-order valence-corrected chi connectivity index (χ0v) is 24.1. The highest BCUT2D eigenvalue weighted by molar-refractivity contribution is 6.22. The quantitative estimate of drug-likeness (QED) is 0.129. The number of carbonyl (C=O) groups excluding carboxylic acids is 2. The molecule has 218 valence electrons. The van der Waals surface area contributed by atoms with Crippen molar-refractivity contribution in [2.75, 3.05) is 11.5 Å². The Balaban J connectivity index is 1.29. The number of aromatic hydroxyl groups is 1. The lowest BCUT2D eigenvalue weighted by molar-refractivity contribution is -0.123. The zero-order chi connectivity index (χ0) is 30.1. The van der Waals surface area contributed by atoms with Crippen molar-refractivity contribution in [3.05, 3.63) is 119 Å². The predicted molar refractivity (Wildman–Crippen MR) is 169 cm³/mol. The van der Waals surface area contributed by atoms with Crippen molar-refractivity contribution in [2.45, 2.75) is 32.3 Å². The van der Waals surface area contributed by atoms with E-state index in [4.69, 9.17) is 0 Å². The Morgan fingerprint density at radius 2 is 1.53 bits per heavy atom. The van der Waals surface area contributed by atoms with Crippen LogP contribution in [0.25, 0.3) is 22.4 Å². The van der Waals surface area contributed by atoms with Gasteiger partial charge in [-0.2, -0.15) is 0 Å². The van der Waals surface area contributed by atoms with E-state index in [0.717, 1.165) is 33.0 Å². The fourth-order valence-electron chi connectivity index (χ4n) is 6.97. The van der Waals surface area contributed by atoms with Crippen LogP contribution in [0.3, 0.4) is 0 Å². The number of hydrogen-bond acceptors (Lipinski definition) is 5. The largest absolute Gasteiger partial charge is 0.507 e. The number of nitrogens with zero attached hydrogens (tertiary/aromatic N) is 1. The first kappa shape index (κ1) is 28.6. The van der Waals surface area contributed by atoms with Crippen LogP contribution < -0.4 is 4.90 Å². The van der Waals surface area contributed by atoms with Crippen molar-refractivity contribution < 1.29 is 24.9 Å². The number of imide groups is 1. The molecule has 2 amide bonds. The second kappa shape index (κ2) is 12.0. The van der Waals surface area contributed by atoms with Gasteiger partial charge in [0.25, 0.3) is 0 Å². The number of phenols is 1. The summed E-state index contributed by atoms with van der Waals surface area (Å²) in [5.74, 6) is -2.24. The molecule has 1 aliphatic carbocycles. The van der Waals surface area contributed by atoms with Crippen molar-refractivity contribution in [3.8, 4) is 5.75 Å². The Bertz CT molecular complexity index is 1730. The molecule has 1 heterocycles. The molecular formula is C37H35NO5. The number of aliphatic hydroxyl groups is 2. The Hall–Kier alpha value is -4.52. The van der Waals surface area contributed by atoms with Crippen LogP contribution in [0.2, 0.25) is 0 Å². The minimum absolute atomic E-state index is 0.225. The van der Waals surface area contributed by atoms with E-state index in [9.17, 15) is 24.9 Å². The first-order valence-corrected chi connectivity index (χ1v) is 14.8. The van der Waals surface area contributed by atoms with E-state index < -0.39 is 23.9 Å². The van der Waals surface area contributed by atoms with Gasteiger partial charge in [-0.3, -0.25) is 14.5 Å². The third-order valence-electron chi connectivity index (χ3n) is 8.99. The van der Waals surface area contributed by atoms with Gasteiger partial charge in [-0.25, -0.2) is 0 Å². The standard InChI is InChI=1S/C37H35NO5/c1-23-20-30-35(37(43)38(36(30)42)27-12-6-3-7-13-27)31(22-39)34(23)33(41)19-16-25(24-10-4-2-5-11-24)21-26-17-18-32(40)29-15-9-8-14-28(26)29/h2-15,17-18,21,30-31,33,35,39-41H,16,19-20,22H2,1H3/b25-21-/t30-,31+,33-,35-/m1/s1. The number of aliphatic hydroxyl groups excluding tert-OH is 2. The summed E-state index contributed by atoms with van der Waals surface area (Å²) in [7, 11) is 0. The molecule has 0 spiro atoms. The van der Waals surface area contributed by atoms with Crippen LogP contribution in [0.15, 0.2) is 108 Å². The Morgan fingerprint density at radius 1 is 0.884 bits per heavy atom. The maximum absolute atomic E-state index is 13.6. The molecule has 4 atom stereocenters. The molecule has 1 aliphatic heterocycles. The SMILES string of the molecule is CC1=C([C@H](O)CC/C(=C/c2ccc(O)c3ccccc23)c2ccccc2)[C@H](CO)[C@@H]2C(=O)N(c3ccccc3)C(=O)[C@@H]2C1. The molecule has 0 radical (unpaired) electrons. The lowest BCUT2D eigenvalue weighted by atomic mass is 9.68. The third kappa shape index (κ3) is 5.29. The van der Waals surface area contributed by atoms with E-state index in [0.29, 0.717) is 30.5 Å². The Morgan fingerprint density at radius 3 is 2.23 bits per heavy atom. The van der Waals surface area contributed by atoms with Crippen LogP contribution >= 0.6 is 0 Å². The lowest BCUT2D eigenvalue weighted by Crippen LogP contribution is -2.38.